The normalized spacial score (nSPS) is 18.4. The Kier molecular flexibility index (Phi) is 4.92. The van der Waals surface area contributed by atoms with E-state index in [2.05, 4.69) is 5.32 Å². The van der Waals surface area contributed by atoms with Gasteiger partial charge in [0.25, 0.3) is 11.8 Å². The Bertz CT molecular complexity index is 804. The van der Waals surface area contributed by atoms with Gasteiger partial charge in [-0.05, 0) is 36.4 Å². The van der Waals surface area contributed by atoms with Crippen molar-refractivity contribution in [2.45, 2.75) is 18.6 Å². The Balaban J connectivity index is 1.37. The van der Waals surface area contributed by atoms with Crippen LogP contribution in [0.4, 0.5) is 5.69 Å². The third-order valence-corrected chi connectivity index (χ3v) is 5.05. The average molecular weight is 366 g/mol. The minimum Gasteiger partial charge on any atom is -0.347 e. The SMILES string of the molecule is O=C(Nc1ccccc1)c1ccc(C(=O)N2CCC3(CC2)OCCO3)cc1. The molecule has 1 N–H and O–H groups in total. The summed E-state index contributed by atoms with van der Waals surface area (Å²) in [6.45, 7) is 2.46. The lowest BCUT2D eigenvalue weighted by Gasteiger charge is -2.37. The molecule has 2 heterocycles. The number of likely N-dealkylation sites (tertiary alicyclic amines) is 1. The number of carbonyl (C=O) groups is 2. The van der Waals surface area contributed by atoms with Crippen molar-refractivity contribution in [1.29, 1.82) is 0 Å². The van der Waals surface area contributed by atoms with Gasteiger partial charge in [0.2, 0.25) is 0 Å². The molecule has 2 aliphatic heterocycles. The van der Waals surface area contributed by atoms with Crippen molar-refractivity contribution >= 4 is 17.5 Å². The van der Waals surface area contributed by atoms with E-state index in [4.69, 9.17) is 9.47 Å². The van der Waals surface area contributed by atoms with Crippen molar-refractivity contribution in [2.24, 2.45) is 0 Å². The first-order valence-corrected chi connectivity index (χ1v) is 9.19. The lowest BCUT2D eigenvalue weighted by atomic mass is 10.0. The van der Waals surface area contributed by atoms with Crippen LogP contribution >= 0.6 is 0 Å². The van der Waals surface area contributed by atoms with Gasteiger partial charge in [-0.25, -0.2) is 0 Å². The number of nitrogens with zero attached hydrogens (tertiary/aromatic N) is 1. The lowest BCUT2D eigenvalue weighted by Crippen LogP contribution is -2.47. The first kappa shape index (κ1) is 17.7. The van der Waals surface area contributed by atoms with Crippen LogP contribution in [0.2, 0.25) is 0 Å². The van der Waals surface area contributed by atoms with Crippen molar-refractivity contribution < 1.29 is 19.1 Å². The molecule has 6 heteroatoms. The molecule has 27 heavy (non-hydrogen) atoms. The minimum atomic E-state index is -0.490. The zero-order valence-electron chi connectivity index (χ0n) is 15.0. The van der Waals surface area contributed by atoms with Crippen LogP contribution in [0.3, 0.4) is 0 Å². The molecule has 1 spiro atoms. The van der Waals surface area contributed by atoms with Crippen molar-refractivity contribution in [3.05, 3.63) is 65.7 Å². The van der Waals surface area contributed by atoms with E-state index in [1.807, 2.05) is 35.2 Å². The van der Waals surface area contributed by atoms with E-state index in [0.717, 1.165) is 5.69 Å². The molecule has 2 aromatic rings. The molecule has 2 aliphatic rings. The summed E-state index contributed by atoms with van der Waals surface area (Å²) in [6.07, 6.45) is 1.38. The zero-order valence-corrected chi connectivity index (χ0v) is 15.0. The lowest BCUT2D eigenvalue weighted by molar-refractivity contribution is -0.181. The molecule has 0 aliphatic carbocycles. The van der Waals surface area contributed by atoms with Gasteiger partial charge in [-0.3, -0.25) is 9.59 Å². The van der Waals surface area contributed by atoms with Crippen LogP contribution in [0.1, 0.15) is 33.6 Å². The van der Waals surface area contributed by atoms with E-state index in [1.165, 1.54) is 0 Å². The molecule has 0 unspecified atom stereocenters. The van der Waals surface area contributed by atoms with Gasteiger partial charge in [-0.2, -0.15) is 0 Å². The molecule has 0 bridgehead atoms. The molecule has 6 nitrogen and oxygen atoms in total. The molecular formula is C21H22N2O4. The summed E-state index contributed by atoms with van der Waals surface area (Å²) in [6, 6.07) is 16.0. The van der Waals surface area contributed by atoms with Crippen molar-refractivity contribution in [1.82, 2.24) is 4.90 Å². The van der Waals surface area contributed by atoms with E-state index in [1.54, 1.807) is 24.3 Å². The molecular weight excluding hydrogens is 344 g/mol. The maximum Gasteiger partial charge on any atom is 0.255 e. The Hall–Kier alpha value is -2.70. The molecule has 2 amide bonds. The summed E-state index contributed by atoms with van der Waals surface area (Å²) in [5.74, 6) is -0.718. The molecule has 2 aromatic carbocycles. The van der Waals surface area contributed by atoms with E-state index in [9.17, 15) is 9.59 Å². The quantitative estimate of drug-likeness (QED) is 0.907. The molecule has 140 valence electrons. The first-order valence-electron chi connectivity index (χ1n) is 9.19. The third kappa shape index (κ3) is 3.86. The summed E-state index contributed by atoms with van der Waals surface area (Å²) < 4.78 is 11.4. The molecule has 0 atom stereocenters. The van der Waals surface area contributed by atoms with Crippen molar-refractivity contribution in [3.63, 3.8) is 0 Å². The second kappa shape index (κ2) is 7.50. The van der Waals surface area contributed by atoms with Gasteiger partial charge in [0, 0.05) is 42.7 Å². The number of hydrogen-bond acceptors (Lipinski definition) is 4. The van der Waals surface area contributed by atoms with Gasteiger partial charge in [-0.15, -0.1) is 0 Å². The summed E-state index contributed by atoms with van der Waals surface area (Å²) in [7, 11) is 0. The van der Waals surface area contributed by atoms with Gasteiger partial charge in [0.05, 0.1) is 13.2 Å². The average Bonchev–Trinajstić information content (AvgIpc) is 3.17. The first-order chi connectivity index (χ1) is 13.2. The number of rotatable bonds is 3. The number of benzene rings is 2. The van der Waals surface area contributed by atoms with Crippen LogP contribution in [0.15, 0.2) is 54.6 Å². The number of carbonyl (C=O) groups excluding carboxylic acids is 2. The van der Waals surface area contributed by atoms with Crippen LogP contribution in [0.25, 0.3) is 0 Å². The number of ether oxygens (including phenoxy) is 2. The predicted molar refractivity (Wildman–Crippen MR) is 101 cm³/mol. The van der Waals surface area contributed by atoms with E-state index >= 15 is 0 Å². The van der Waals surface area contributed by atoms with Gasteiger partial charge in [0.15, 0.2) is 5.79 Å². The molecule has 0 aromatic heterocycles. The second-order valence-corrected chi connectivity index (χ2v) is 6.80. The summed E-state index contributed by atoms with van der Waals surface area (Å²) >= 11 is 0. The Labute approximate surface area is 158 Å². The smallest absolute Gasteiger partial charge is 0.255 e. The Morgan fingerprint density at radius 2 is 1.44 bits per heavy atom. The minimum absolute atomic E-state index is 0.0298. The molecule has 2 saturated heterocycles. The van der Waals surface area contributed by atoms with Crippen LogP contribution in [0, 0.1) is 0 Å². The molecule has 2 fully saturated rings. The highest BCUT2D eigenvalue weighted by Gasteiger charge is 2.40. The number of anilines is 1. The van der Waals surface area contributed by atoms with E-state index in [-0.39, 0.29) is 11.8 Å². The number of para-hydroxylation sites is 1. The van der Waals surface area contributed by atoms with E-state index < -0.39 is 5.79 Å². The van der Waals surface area contributed by atoms with Crippen molar-refractivity contribution in [2.75, 3.05) is 31.6 Å². The maximum absolute atomic E-state index is 12.7. The Morgan fingerprint density at radius 3 is 2.07 bits per heavy atom. The van der Waals surface area contributed by atoms with Gasteiger partial charge >= 0.3 is 0 Å². The van der Waals surface area contributed by atoms with Gasteiger partial charge in [-0.1, -0.05) is 18.2 Å². The van der Waals surface area contributed by atoms with Crippen LogP contribution < -0.4 is 5.32 Å². The maximum atomic E-state index is 12.7. The monoisotopic (exact) mass is 366 g/mol. The summed E-state index contributed by atoms with van der Waals surface area (Å²) in [4.78, 5) is 26.8. The highest BCUT2D eigenvalue weighted by atomic mass is 16.7. The predicted octanol–water partition coefficient (Wildman–Crippen LogP) is 2.92. The van der Waals surface area contributed by atoms with Crippen molar-refractivity contribution in [3.8, 4) is 0 Å². The van der Waals surface area contributed by atoms with Crippen LogP contribution in [-0.4, -0.2) is 48.8 Å². The number of piperidine rings is 1. The van der Waals surface area contributed by atoms with Crippen LogP contribution in [-0.2, 0) is 9.47 Å². The molecule has 0 saturated carbocycles. The largest absolute Gasteiger partial charge is 0.347 e. The fourth-order valence-corrected chi connectivity index (χ4v) is 3.51. The summed E-state index contributed by atoms with van der Waals surface area (Å²) in [5, 5.41) is 2.84. The standard InChI is InChI=1S/C21H22N2O4/c24-19(22-18-4-2-1-3-5-18)16-6-8-17(9-7-16)20(25)23-12-10-21(11-13-23)26-14-15-27-21/h1-9H,10-15H2,(H,22,24). The third-order valence-electron chi connectivity index (χ3n) is 5.05. The summed E-state index contributed by atoms with van der Waals surface area (Å²) in [5.41, 5.74) is 1.83. The number of nitrogens with one attached hydrogen (secondary N) is 1. The second-order valence-electron chi connectivity index (χ2n) is 6.80. The van der Waals surface area contributed by atoms with E-state index in [0.29, 0.717) is 50.3 Å². The van der Waals surface area contributed by atoms with Gasteiger partial charge in [0.1, 0.15) is 0 Å². The topological polar surface area (TPSA) is 67.9 Å². The molecule has 0 radical (unpaired) electrons. The zero-order chi connectivity index (χ0) is 18.7. The number of amides is 2. The van der Waals surface area contributed by atoms with Crippen LogP contribution in [0.5, 0.6) is 0 Å². The highest BCUT2D eigenvalue weighted by molar-refractivity contribution is 6.05. The number of hydrogen-bond donors (Lipinski definition) is 1. The Morgan fingerprint density at radius 1 is 0.852 bits per heavy atom. The molecule has 4 rings (SSSR count). The fourth-order valence-electron chi connectivity index (χ4n) is 3.51. The highest BCUT2D eigenvalue weighted by Crippen LogP contribution is 2.31. The fraction of sp³-hybridized carbons (Fsp3) is 0.333. The van der Waals surface area contributed by atoms with Gasteiger partial charge < -0.3 is 19.7 Å².